The molecule has 0 spiro atoms. The van der Waals surface area contributed by atoms with Gasteiger partial charge < -0.3 is 0 Å². The summed E-state index contributed by atoms with van der Waals surface area (Å²) in [6.07, 6.45) is -3.59. The van der Waals surface area contributed by atoms with Gasteiger partial charge in [-0.15, -0.1) is 0 Å². The zero-order chi connectivity index (χ0) is 9.78. The SMILES string of the molecule is FC=CCC(F)(F)C(Cl)=C(F)F. The van der Waals surface area contributed by atoms with E-state index in [1.165, 1.54) is 0 Å². The Morgan fingerprint density at radius 2 is 1.83 bits per heavy atom. The summed E-state index contributed by atoms with van der Waals surface area (Å²) in [5.41, 5.74) is 0. The Hall–Kier alpha value is -0.580. The number of alkyl halides is 2. The highest BCUT2D eigenvalue weighted by Gasteiger charge is 2.35. The van der Waals surface area contributed by atoms with Gasteiger partial charge in [-0.05, 0) is 6.08 Å². The van der Waals surface area contributed by atoms with Gasteiger partial charge in [-0.2, -0.15) is 17.6 Å². The van der Waals surface area contributed by atoms with E-state index in [2.05, 4.69) is 11.6 Å². The summed E-state index contributed by atoms with van der Waals surface area (Å²) in [7, 11) is 0. The van der Waals surface area contributed by atoms with Gasteiger partial charge in [0.05, 0.1) is 6.33 Å². The second-order valence-electron chi connectivity index (χ2n) is 1.84. The van der Waals surface area contributed by atoms with Gasteiger partial charge in [0.2, 0.25) is 0 Å². The van der Waals surface area contributed by atoms with Crippen molar-refractivity contribution in [3.8, 4) is 0 Å². The molecule has 0 amide bonds. The van der Waals surface area contributed by atoms with E-state index >= 15 is 0 Å². The van der Waals surface area contributed by atoms with Crippen molar-refractivity contribution in [1.82, 2.24) is 0 Å². The summed E-state index contributed by atoms with van der Waals surface area (Å²) in [5.74, 6) is -3.90. The average Bonchev–Trinajstić information content (AvgIpc) is 1.99. The Morgan fingerprint density at radius 3 is 2.17 bits per heavy atom. The molecule has 0 atom stereocenters. The van der Waals surface area contributed by atoms with Crippen LogP contribution in [-0.4, -0.2) is 5.92 Å². The van der Waals surface area contributed by atoms with Crippen LogP contribution in [0.3, 0.4) is 0 Å². The van der Waals surface area contributed by atoms with E-state index in [-0.39, 0.29) is 6.33 Å². The molecule has 0 aliphatic heterocycles. The molecule has 0 N–H and O–H groups in total. The molecule has 0 bridgehead atoms. The summed E-state index contributed by atoms with van der Waals surface area (Å²) in [4.78, 5) is 0. The van der Waals surface area contributed by atoms with Crippen molar-refractivity contribution in [2.45, 2.75) is 12.3 Å². The molecule has 0 aromatic carbocycles. The quantitative estimate of drug-likeness (QED) is 0.616. The summed E-state index contributed by atoms with van der Waals surface area (Å²) < 4.78 is 59.0. The normalized spacial score (nSPS) is 12.2. The van der Waals surface area contributed by atoms with Crippen molar-refractivity contribution in [2.75, 3.05) is 0 Å². The van der Waals surface area contributed by atoms with E-state index < -0.39 is 23.5 Å². The van der Waals surface area contributed by atoms with Crippen LogP contribution < -0.4 is 0 Å². The lowest BCUT2D eigenvalue weighted by Gasteiger charge is -2.11. The van der Waals surface area contributed by atoms with E-state index in [1.54, 1.807) is 0 Å². The van der Waals surface area contributed by atoms with Crippen LogP contribution in [0.2, 0.25) is 0 Å². The van der Waals surface area contributed by atoms with Crippen LogP contribution in [0.5, 0.6) is 0 Å². The van der Waals surface area contributed by atoms with Crippen molar-refractivity contribution in [3.05, 3.63) is 23.5 Å². The van der Waals surface area contributed by atoms with Gasteiger partial charge in [0, 0.05) is 6.42 Å². The van der Waals surface area contributed by atoms with Crippen molar-refractivity contribution >= 4 is 11.6 Å². The standard InChI is InChI=1S/C6H4ClF5/c7-4(5(9)10)6(11,12)2-1-3-8/h1,3H,2H2. The van der Waals surface area contributed by atoms with E-state index in [4.69, 9.17) is 0 Å². The molecule has 0 aliphatic carbocycles. The minimum atomic E-state index is -3.90. The molecule has 0 aliphatic rings. The molecule has 0 aromatic heterocycles. The van der Waals surface area contributed by atoms with Gasteiger partial charge in [0.25, 0.3) is 12.0 Å². The first-order valence-corrected chi connectivity index (χ1v) is 3.14. The Kier molecular flexibility index (Phi) is 4.23. The van der Waals surface area contributed by atoms with Crippen LogP contribution >= 0.6 is 11.6 Å². The van der Waals surface area contributed by atoms with E-state index in [1.807, 2.05) is 0 Å². The summed E-state index contributed by atoms with van der Waals surface area (Å²) in [5, 5.41) is -1.85. The summed E-state index contributed by atoms with van der Waals surface area (Å²) >= 11 is 4.57. The molecule has 0 unspecified atom stereocenters. The third-order valence-corrected chi connectivity index (χ3v) is 1.37. The fourth-order valence-electron chi connectivity index (χ4n) is 0.420. The molecule has 12 heavy (non-hydrogen) atoms. The van der Waals surface area contributed by atoms with Gasteiger partial charge in [0.1, 0.15) is 0 Å². The van der Waals surface area contributed by atoms with Gasteiger partial charge in [-0.25, -0.2) is 4.39 Å². The number of allylic oxidation sites excluding steroid dienone is 2. The lowest BCUT2D eigenvalue weighted by Crippen LogP contribution is -2.15. The highest BCUT2D eigenvalue weighted by Crippen LogP contribution is 2.34. The molecule has 0 radical (unpaired) electrons. The average molecular weight is 207 g/mol. The third-order valence-electron chi connectivity index (χ3n) is 0.950. The van der Waals surface area contributed by atoms with Crippen LogP contribution in [0.1, 0.15) is 6.42 Å². The van der Waals surface area contributed by atoms with Crippen molar-refractivity contribution in [2.24, 2.45) is 0 Å². The first-order chi connectivity index (χ1) is 5.41. The molecule has 0 aromatic rings. The maximum Gasteiger partial charge on any atom is 0.292 e. The lowest BCUT2D eigenvalue weighted by molar-refractivity contribution is 0.0480. The zero-order valence-corrected chi connectivity index (χ0v) is 6.39. The topological polar surface area (TPSA) is 0 Å². The van der Waals surface area contributed by atoms with Gasteiger partial charge in [-0.3, -0.25) is 0 Å². The van der Waals surface area contributed by atoms with Crippen molar-refractivity contribution < 1.29 is 22.0 Å². The fraction of sp³-hybridized carbons (Fsp3) is 0.333. The zero-order valence-electron chi connectivity index (χ0n) is 5.63. The first kappa shape index (κ1) is 11.4. The van der Waals surface area contributed by atoms with Crippen LogP contribution in [0.4, 0.5) is 22.0 Å². The smallest absolute Gasteiger partial charge is 0.216 e. The van der Waals surface area contributed by atoms with Gasteiger partial charge in [0.15, 0.2) is 5.03 Å². The van der Waals surface area contributed by atoms with Gasteiger partial charge in [-0.1, -0.05) is 11.6 Å². The predicted molar refractivity (Wildman–Crippen MR) is 34.9 cm³/mol. The first-order valence-electron chi connectivity index (χ1n) is 2.76. The molecular formula is C6H4ClF5. The molecule has 0 heterocycles. The molecule has 0 rings (SSSR count). The Balaban J connectivity index is 4.50. The largest absolute Gasteiger partial charge is 0.292 e. The summed E-state index contributed by atoms with van der Waals surface area (Å²) in [6, 6.07) is 0. The second kappa shape index (κ2) is 4.45. The van der Waals surface area contributed by atoms with Crippen LogP contribution in [0, 0.1) is 0 Å². The number of halogens is 6. The third kappa shape index (κ3) is 3.21. The fourth-order valence-corrected chi connectivity index (χ4v) is 0.498. The van der Waals surface area contributed by atoms with Crippen molar-refractivity contribution in [3.63, 3.8) is 0 Å². The summed E-state index contributed by atoms with van der Waals surface area (Å²) in [6.45, 7) is 0. The molecule has 0 nitrogen and oxygen atoms in total. The van der Waals surface area contributed by atoms with Crippen LogP contribution in [0.15, 0.2) is 23.5 Å². The minimum absolute atomic E-state index is 0.159. The molecule has 6 heteroatoms. The molecule has 0 saturated carbocycles. The highest BCUT2D eigenvalue weighted by atomic mass is 35.5. The Bertz CT molecular complexity index is 204. The highest BCUT2D eigenvalue weighted by molar-refractivity contribution is 6.30. The van der Waals surface area contributed by atoms with E-state index in [9.17, 15) is 22.0 Å². The Morgan fingerprint density at radius 1 is 1.33 bits per heavy atom. The van der Waals surface area contributed by atoms with Crippen molar-refractivity contribution in [1.29, 1.82) is 0 Å². The second-order valence-corrected chi connectivity index (χ2v) is 2.22. The van der Waals surface area contributed by atoms with E-state index in [0.717, 1.165) is 0 Å². The molecule has 0 saturated heterocycles. The lowest BCUT2D eigenvalue weighted by atomic mass is 10.2. The molecule has 70 valence electrons. The number of hydrogen-bond donors (Lipinski definition) is 0. The molecular weight excluding hydrogens is 203 g/mol. The monoisotopic (exact) mass is 206 g/mol. The number of hydrogen-bond acceptors (Lipinski definition) is 0. The maximum absolute atomic E-state index is 12.4. The van der Waals surface area contributed by atoms with Crippen LogP contribution in [-0.2, 0) is 0 Å². The van der Waals surface area contributed by atoms with Gasteiger partial charge >= 0.3 is 0 Å². The minimum Gasteiger partial charge on any atom is -0.216 e. The molecule has 0 fully saturated rings. The number of rotatable bonds is 3. The predicted octanol–water partition coefficient (Wildman–Crippen LogP) is 3.84. The maximum atomic E-state index is 12.4. The van der Waals surface area contributed by atoms with E-state index in [0.29, 0.717) is 6.08 Å². The van der Waals surface area contributed by atoms with Crippen LogP contribution in [0.25, 0.3) is 0 Å². The Labute approximate surface area is 70.3 Å².